The summed E-state index contributed by atoms with van der Waals surface area (Å²) in [6, 6.07) is 11.4. The highest BCUT2D eigenvalue weighted by molar-refractivity contribution is 6.02. The van der Waals surface area contributed by atoms with Crippen molar-refractivity contribution in [3.63, 3.8) is 0 Å². The lowest BCUT2D eigenvalue weighted by molar-refractivity contribution is -0.111. The second kappa shape index (κ2) is 9.84. The van der Waals surface area contributed by atoms with Crippen LogP contribution in [0.2, 0.25) is 0 Å². The fourth-order valence-corrected chi connectivity index (χ4v) is 3.13. The Bertz CT molecular complexity index is 833. The lowest BCUT2D eigenvalue weighted by Crippen LogP contribution is -2.36. The van der Waals surface area contributed by atoms with Gasteiger partial charge in [0.1, 0.15) is 0 Å². The molecular formula is C22H26N2O5. The molecule has 0 radical (unpaired) electrons. The van der Waals surface area contributed by atoms with Gasteiger partial charge in [-0.3, -0.25) is 4.79 Å². The highest BCUT2D eigenvalue weighted by atomic mass is 16.5. The molecule has 0 bridgehead atoms. The molecular weight excluding hydrogens is 372 g/mol. The monoisotopic (exact) mass is 398 g/mol. The molecule has 1 amide bonds. The highest BCUT2D eigenvalue weighted by Crippen LogP contribution is 2.38. The number of amides is 1. The molecule has 0 spiro atoms. The minimum Gasteiger partial charge on any atom is -0.493 e. The van der Waals surface area contributed by atoms with Gasteiger partial charge in [-0.05, 0) is 48.0 Å². The van der Waals surface area contributed by atoms with Gasteiger partial charge in [0.25, 0.3) is 0 Å². The summed E-state index contributed by atoms with van der Waals surface area (Å²) in [4.78, 5) is 14.6. The lowest BCUT2D eigenvalue weighted by atomic mass is 10.1. The molecule has 29 heavy (non-hydrogen) atoms. The van der Waals surface area contributed by atoms with Crippen LogP contribution in [0.4, 0.5) is 11.4 Å². The zero-order valence-electron chi connectivity index (χ0n) is 16.9. The van der Waals surface area contributed by atoms with Gasteiger partial charge in [-0.15, -0.1) is 0 Å². The van der Waals surface area contributed by atoms with E-state index in [2.05, 4.69) is 10.2 Å². The van der Waals surface area contributed by atoms with Gasteiger partial charge in [0.05, 0.1) is 34.5 Å². The number of nitrogens with zero attached hydrogens (tertiary/aromatic N) is 1. The fourth-order valence-electron chi connectivity index (χ4n) is 3.13. The van der Waals surface area contributed by atoms with E-state index in [-0.39, 0.29) is 5.91 Å². The molecule has 1 heterocycles. The maximum Gasteiger partial charge on any atom is 0.248 e. The first-order chi connectivity index (χ1) is 14.1. The van der Waals surface area contributed by atoms with Crippen molar-refractivity contribution < 1.29 is 23.7 Å². The van der Waals surface area contributed by atoms with Crippen LogP contribution in [0.3, 0.4) is 0 Å². The maximum atomic E-state index is 12.3. The van der Waals surface area contributed by atoms with Crippen LogP contribution in [0.15, 0.2) is 42.5 Å². The summed E-state index contributed by atoms with van der Waals surface area (Å²) in [5.41, 5.74) is 2.62. The molecule has 0 saturated carbocycles. The third-order valence-corrected chi connectivity index (χ3v) is 4.63. The molecule has 0 atom stereocenters. The first kappa shape index (κ1) is 20.5. The van der Waals surface area contributed by atoms with Gasteiger partial charge in [0, 0.05) is 30.5 Å². The van der Waals surface area contributed by atoms with Gasteiger partial charge >= 0.3 is 0 Å². The molecule has 1 aliphatic rings. The first-order valence-corrected chi connectivity index (χ1v) is 9.36. The second-order valence-corrected chi connectivity index (χ2v) is 6.43. The number of anilines is 2. The van der Waals surface area contributed by atoms with Gasteiger partial charge in [0.15, 0.2) is 11.5 Å². The highest BCUT2D eigenvalue weighted by Gasteiger charge is 2.13. The number of hydrogen-bond acceptors (Lipinski definition) is 6. The molecule has 1 fully saturated rings. The number of morpholine rings is 1. The van der Waals surface area contributed by atoms with Crippen molar-refractivity contribution in [2.45, 2.75) is 0 Å². The molecule has 2 aromatic rings. The molecule has 154 valence electrons. The number of methoxy groups -OCH3 is 3. The molecule has 7 nitrogen and oxygen atoms in total. The predicted molar refractivity (Wildman–Crippen MR) is 113 cm³/mol. The molecule has 1 saturated heterocycles. The van der Waals surface area contributed by atoms with E-state index in [1.807, 2.05) is 24.3 Å². The minimum absolute atomic E-state index is 0.224. The largest absolute Gasteiger partial charge is 0.493 e. The standard InChI is InChI=1S/C22H26N2O5/c1-26-19-14-16(15-20(27-2)22(19)28-3)4-9-21(25)23-17-5-7-18(8-6-17)24-10-12-29-13-11-24/h4-9,14-15H,10-13H2,1-3H3,(H,23,25). The third-order valence-electron chi connectivity index (χ3n) is 4.63. The maximum absolute atomic E-state index is 12.3. The van der Waals surface area contributed by atoms with Crippen LogP contribution in [-0.2, 0) is 9.53 Å². The van der Waals surface area contributed by atoms with Gasteiger partial charge in [0.2, 0.25) is 11.7 Å². The minimum atomic E-state index is -0.224. The first-order valence-electron chi connectivity index (χ1n) is 9.36. The predicted octanol–water partition coefficient (Wildman–Crippen LogP) is 3.20. The SMILES string of the molecule is COc1cc(C=CC(=O)Nc2ccc(N3CCOCC3)cc2)cc(OC)c1OC. The fraction of sp³-hybridized carbons (Fsp3) is 0.318. The van der Waals surface area contributed by atoms with Gasteiger partial charge in [-0.25, -0.2) is 0 Å². The normalized spacial score (nSPS) is 14.0. The topological polar surface area (TPSA) is 69.3 Å². The quantitative estimate of drug-likeness (QED) is 0.723. The summed E-state index contributed by atoms with van der Waals surface area (Å²) in [5.74, 6) is 1.35. The number of ether oxygens (including phenoxy) is 4. The van der Waals surface area contributed by atoms with Crippen molar-refractivity contribution in [2.24, 2.45) is 0 Å². The Balaban J connectivity index is 1.65. The summed E-state index contributed by atoms with van der Waals surface area (Å²) < 4.78 is 21.3. The van der Waals surface area contributed by atoms with E-state index in [0.29, 0.717) is 17.2 Å². The number of hydrogen-bond donors (Lipinski definition) is 1. The van der Waals surface area contributed by atoms with Crippen molar-refractivity contribution in [1.82, 2.24) is 0 Å². The van der Waals surface area contributed by atoms with Crippen molar-refractivity contribution in [3.05, 3.63) is 48.0 Å². The van der Waals surface area contributed by atoms with Crippen molar-refractivity contribution in [2.75, 3.05) is 57.8 Å². The van der Waals surface area contributed by atoms with E-state index < -0.39 is 0 Å². The van der Waals surface area contributed by atoms with Crippen LogP contribution in [-0.4, -0.2) is 53.5 Å². The van der Waals surface area contributed by atoms with E-state index in [0.717, 1.165) is 43.2 Å². The Kier molecular flexibility index (Phi) is 6.97. The zero-order valence-corrected chi connectivity index (χ0v) is 16.9. The number of carbonyl (C=O) groups excluding carboxylic acids is 1. The summed E-state index contributed by atoms with van der Waals surface area (Å²) in [6.07, 6.45) is 3.17. The number of rotatable bonds is 7. The van der Waals surface area contributed by atoms with Crippen LogP contribution >= 0.6 is 0 Å². The summed E-state index contributed by atoms with van der Waals surface area (Å²) in [5, 5.41) is 2.87. The number of carbonyl (C=O) groups is 1. The van der Waals surface area contributed by atoms with Gasteiger partial charge < -0.3 is 29.2 Å². The van der Waals surface area contributed by atoms with Crippen molar-refractivity contribution >= 4 is 23.4 Å². The van der Waals surface area contributed by atoms with Gasteiger partial charge in [-0.2, -0.15) is 0 Å². The van der Waals surface area contributed by atoms with Crippen LogP contribution in [0.5, 0.6) is 17.2 Å². The van der Waals surface area contributed by atoms with Crippen LogP contribution < -0.4 is 24.4 Å². The van der Waals surface area contributed by atoms with Gasteiger partial charge in [-0.1, -0.05) is 0 Å². The van der Waals surface area contributed by atoms with Crippen LogP contribution in [0.1, 0.15) is 5.56 Å². The molecule has 7 heteroatoms. The Morgan fingerprint density at radius 1 is 1.00 bits per heavy atom. The average Bonchev–Trinajstić information content (AvgIpc) is 2.78. The smallest absolute Gasteiger partial charge is 0.248 e. The molecule has 2 aromatic carbocycles. The van der Waals surface area contributed by atoms with E-state index in [1.54, 1.807) is 39.5 Å². The Morgan fingerprint density at radius 2 is 1.62 bits per heavy atom. The van der Waals surface area contributed by atoms with Crippen molar-refractivity contribution in [3.8, 4) is 17.2 Å². The summed E-state index contributed by atoms with van der Waals surface area (Å²) >= 11 is 0. The number of nitrogens with one attached hydrogen (secondary N) is 1. The molecule has 1 N–H and O–H groups in total. The Morgan fingerprint density at radius 3 is 2.17 bits per heavy atom. The molecule has 1 aliphatic heterocycles. The van der Waals surface area contributed by atoms with E-state index in [9.17, 15) is 4.79 Å². The second-order valence-electron chi connectivity index (χ2n) is 6.43. The molecule has 0 aromatic heterocycles. The zero-order chi connectivity index (χ0) is 20.6. The van der Waals surface area contributed by atoms with Crippen LogP contribution in [0.25, 0.3) is 6.08 Å². The average molecular weight is 398 g/mol. The van der Waals surface area contributed by atoms with E-state index >= 15 is 0 Å². The van der Waals surface area contributed by atoms with Crippen molar-refractivity contribution in [1.29, 1.82) is 0 Å². The molecule has 0 aliphatic carbocycles. The van der Waals surface area contributed by atoms with Crippen LogP contribution in [0, 0.1) is 0 Å². The Labute approximate surface area is 170 Å². The third kappa shape index (κ3) is 5.20. The summed E-state index contributed by atoms with van der Waals surface area (Å²) in [7, 11) is 4.66. The lowest BCUT2D eigenvalue weighted by Gasteiger charge is -2.28. The van der Waals surface area contributed by atoms with E-state index in [1.165, 1.54) is 6.08 Å². The molecule has 3 rings (SSSR count). The number of benzene rings is 2. The summed E-state index contributed by atoms with van der Waals surface area (Å²) in [6.45, 7) is 3.24. The van der Waals surface area contributed by atoms with E-state index in [4.69, 9.17) is 18.9 Å². The Hall–Kier alpha value is -3.19. The molecule has 0 unspecified atom stereocenters.